The largest absolute Gasteiger partial charge is 0.447 e. The number of benzene rings is 2. The summed E-state index contributed by atoms with van der Waals surface area (Å²) in [5.74, 6) is -2.68. The van der Waals surface area contributed by atoms with E-state index >= 15 is 8.78 Å². The highest BCUT2D eigenvalue weighted by molar-refractivity contribution is 5.92. The number of rotatable bonds is 7. The second-order valence-electron chi connectivity index (χ2n) is 12.2. The number of hydrogen-bond acceptors (Lipinski definition) is 8. The van der Waals surface area contributed by atoms with Crippen molar-refractivity contribution in [3.8, 4) is 12.1 Å². The van der Waals surface area contributed by atoms with Crippen LogP contribution in [0, 0.1) is 11.3 Å². The van der Waals surface area contributed by atoms with Gasteiger partial charge in [0.2, 0.25) is 5.91 Å². The van der Waals surface area contributed by atoms with Crippen LogP contribution in [0.3, 0.4) is 0 Å². The van der Waals surface area contributed by atoms with E-state index in [1.807, 2.05) is 23.1 Å². The van der Waals surface area contributed by atoms with E-state index in [0.717, 1.165) is 30.3 Å². The molecule has 0 saturated carbocycles. The first-order valence-electron chi connectivity index (χ1n) is 15.3. The number of amides is 1. The predicted molar refractivity (Wildman–Crippen MR) is 161 cm³/mol. The van der Waals surface area contributed by atoms with E-state index in [0.29, 0.717) is 54.9 Å². The van der Waals surface area contributed by atoms with Gasteiger partial charge in [0.25, 0.3) is 5.92 Å². The van der Waals surface area contributed by atoms with Crippen LogP contribution >= 0.6 is 0 Å². The molecule has 0 bridgehead atoms. The quantitative estimate of drug-likeness (QED) is 0.361. The molecule has 7 rings (SSSR count). The Morgan fingerprint density at radius 3 is 2.75 bits per heavy atom. The molecule has 4 aliphatic rings. The second-order valence-corrected chi connectivity index (χ2v) is 12.2. The fourth-order valence-electron chi connectivity index (χ4n) is 7.45. The van der Waals surface area contributed by atoms with Gasteiger partial charge in [-0.3, -0.25) is 14.6 Å². The molecule has 44 heavy (non-hydrogen) atoms. The Bertz CT molecular complexity index is 1670. The maximum atomic E-state index is 16.2. The van der Waals surface area contributed by atoms with Crippen LogP contribution in [0.5, 0.6) is 6.01 Å². The summed E-state index contributed by atoms with van der Waals surface area (Å²) in [6.07, 6.45) is 3.63. The summed E-state index contributed by atoms with van der Waals surface area (Å²) in [6.45, 7) is 8.77. The molecular formula is C33H35F2N7O2. The van der Waals surface area contributed by atoms with Gasteiger partial charge in [0.05, 0.1) is 24.2 Å². The number of piperazine rings is 1. The normalized spacial score (nSPS) is 24.5. The number of halogens is 2. The molecule has 1 aliphatic carbocycles. The fourth-order valence-corrected chi connectivity index (χ4v) is 7.45. The molecule has 2 unspecified atom stereocenters. The smallest absolute Gasteiger partial charge is 0.319 e. The summed E-state index contributed by atoms with van der Waals surface area (Å²) in [5.41, 5.74) is 2.13. The van der Waals surface area contributed by atoms with Gasteiger partial charge in [-0.25, -0.2) is 0 Å². The van der Waals surface area contributed by atoms with Gasteiger partial charge >= 0.3 is 6.01 Å². The molecule has 0 spiro atoms. The lowest BCUT2D eigenvalue weighted by molar-refractivity contribution is -0.128. The number of ether oxygens (including phenoxy) is 1. The number of anilines is 1. The van der Waals surface area contributed by atoms with Gasteiger partial charge in [0.1, 0.15) is 18.6 Å². The Labute approximate surface area is 255 Å². The highest BCUT2D eigenvalue weighted by Gasteiger charge is 2.53. The van der Waals surface area contributed by atoms with Gasteiger partial charge < -0.3 is 14.5 Å². The number of alkyl halides is 2. The van der Waals surface area contributed by atoms with E-state index in [1.165, 1.54) is 12.1 Å². The molecule has 3 aromatic rings. The van der Waals surface area contributed by atoms with E-state index < -0.39 is 12.0 Å². The van der Waals surface area contributed by atoms with Gasteiger partial charge in [-0.2, -0.15) is 24.0 Å². The molecule has 3 atom stereocenters. The molecule has 1 amide bonds. The van der Waals surface area contributed by atoms with Crippen molar-refractivity contribution in [3.63, 3.8) is 0 Å². The third-order valence-corrected chi connectivity index (χ3v) is 9.68. The maximum absolute atomic E-state index is 16.2. The van der Waals surface area contributed by atoms with Gasteiger partial charge in [-0.15, -0.1) is 0 Å². The summed E-state index contributed by atoms with van der Waals surface area (Å²) >= 11 is 0. The van der Waals surface area contributed by atoms with Crippen LogP contribution in [0.2, 0.25) is 0 Å². The first-order chi connectivity index (χ1) is 21.3. The van der Waals surface area contributed by atoms with Gasteiger partial charge in [0, 0.05) is 56.4 Å². The SMILES string of the molecule is C=CC(=O)N1CCN(c2nc(OCN3CCCC3C)nc3c2CN(C2c4cccc5cccc(c45)C2(F)F)C3)C[C@@H]1CC#N. The fraction of sp³-hybridized carbons (Fsp3) is 0.455. The van der Waals surface area contributed by atoms with Crippen molar-refractivity contribution in [2.45, 2.75) is 63.3 Å². The van der Waals surface area contributed by atoms with Crippen molar-refractivity contribution in [2.24, 2.45) is 0 Å². The topological polar surface area (TPSA) is 88.8 Å². The molecule has 4 heterocycles. The maximum Gasteiger partial charge on any atom is 0.319 e. The molecule has 1 aromatic heterocycles. The lowest BCUT2D eigenvalue weighted by Crippen LogP contribution is -2.55. The zero-order valence-electron chi connectivity index (χ0n) is 24.8. The van der Waals surface area contributed by atoms with Gasteiger partial charge in [-0.1, -0.05) is 43.0 Å². The van der Waals surface area contributed by atoms with Crippen molar-refractivity contribution in [1.82, 2.24) is 24.7 Å². The zero-order valence-corrected chi connectivity index (χ0v) is 24.8. The molecule has 3 aliphatic heterocycles. The molecule has 0 radical (unpaired) electrons. The van der Waals surface area contributed by atoms with Crippen LogP contribution in [0.15, 0.2) is 49.1 Å². The van der Waals surface area contributed by atoms with Crippen LogP contribution in [-0.4, -0.2) is 75.6 Å². The number of carbonyl (C=O) groups excluding carboxylic acids is 1. The summed E-state index contributed by atoms with van der Waals surface area (Å²) in [5, 5.41) is 11.0. The molecule has 0 N–H and O–H groups in total. The summed E-state index contributed by atoms with van der Waals surface area (Å²) < 4.78 is 38.6. The van der Waals surface area contributed by atoms with E-state index in [1.54, 1.807) is 21.9 Å². The number of aromatic nitrogens is 2. The van der Waals surface area contributed by atoms with Crippen LogP contribution < -0.4 is 9.64 Å². The van der Waals surface area contributed by atoms with Crippen molar-refractivity contribution in [3.05, 3.63) is 71.4 Å². The average molecular weight is 600 g/mol. The summed E-state index contributed by atoms with van der Waals surface area (Å²) in [7, 11) is 0. The molecular weight excluding hydrogens is 564 g/mol. The van der Waals surface area contributed by atoms with Crippen LogP contribution in [0.1, 0.15) is 54.6 Å². The van der Waals surface area contributed by atoms with Gasteiger partial charge in [0.15, 0.2) is 0 Å². The molecule has 2 fully saturated rings. The van der Waals surface area contributed by atoms with Gasteiger partial charge in [-0.05, 0) is 42.2 Å². The van der Waals surface area contributed by atoms with E-state index in [-0.39, 0.29) is 43.0 Å². The minimum Gasteiger partial charge on any atom is -0.447 e. The second kappa shape index (κ2) is 11.1. The van der Waals surface area contributed by atoms with Crippen LogP contribution in [0.4, 0.5) is 14.6 Å². The standard InChI is InChI=1S/C33H35F2N7O2/c1-3-28(43)42-16-15-39(17-23(42)12-13-36)31-25-18-41(19-27(25)37-32(38-31)44-20-40-14-6-7-21(40)2)30-24-10-4-8-22-9-5-11-26(29(22)24)33(30,34)35/h3-5,8-11,21,23,30H,1,6-7,12,14-20H2,2H3/t21?,23-,30?/m0/s1. The van der Waals surface area contributed by atoms with Crippen molar-refractivity contribution in [1.29, 1.82) is 5.26 Å². The molecule has 2 saturated heterocycles. The molecule has 11 heteroatoms. The van der Waals surface area contributed by atoms with E-state index in [4.69, 9.17) is 14.7 Å². The van der Waals surface area contributed by atoms with Crippen LogP contribution in [0.25, 0.3) is 10.8 Å². The zero-order chi connectivity index (χ0) is 30.6. The Hall–Kier alpha value is -4.14. The minimum atomic E-state index is -3.08. The highest BCUT2D eigenvalue weighted by Crippen LogP contribution is 2.56. The number of hydrogen-bond donors (Lipinski definition) is 0. The average Bonchev–Trinajstić information content (AvgIpc) is 3.70. The lowest BCUT2D eigenvalue weighted by Gasteiger charge is -2.41. The highest BCUT2D eigenvalue weighted by atomic mass is 19.3. The number of fused-ring (bicyclic) bond motifs is 1. The number of nitrogens with zero attached hydrogens (tertiary/aromatic N) is 7. The molecule has 228 valence electrons. The van der Waals surface area contributed by atoms with E-state index in [9.17, 15) is 10.1 Å². The predicted octanol–water partition coefficient (Wildman–Crippen LogP) is 4.73. The Morgan fingerprint density at radius 2 is 2.00 bits per heavy atom. The first-order valence-corrected chi connectivity index (χ1v) is 15.3. The third kappa shape index (κ3) is 4.68. The Balaban J connectivity index is 1.23. The van der Waals surface area contributed by atoms with Crippen LogP contribution in [-0.2, 0) is 23.8 Å². The monoisotopic (exact) mass is 599 g/mol. The number of carbonyl (C=O) groups is 1. The first kappa shape index (κ1) is 28.6. The van der Waals surface area contributed by atoms with Crippen molar-refractivity contribution in [2.75, 3.05) is 37.8 Å². The Kier molecular flexibility index (Phi) is 7.22. The summed E-state index contributed by atoms with van der Waals surface area (Å²) in [6, 6.07) is 11.9. The van der Waals surface area contributed by atoms with E-state index in [2.05, 4.69) is 24.5 Å². The third-order valence-electron chi connectivity index (χ3n) is 9.68. The molecule has 9 nitrogen and oxygen atoms in total. The number of likely N-dealkylation sites (tertiary alicyclic amines) is 1. The van der Waals surface area contributed by atoms with Crippen molar-refractivity contribution < 1.29 is 18.3 Å². The Morgan fingerprint density at radius 1 is 1.18 bits per heavy atom. The lowest BCUT2D eigenvalue weighted by atomic mass is 10.0. The minimum absolute atomic E-state index is 0.0592. The molecule has 2 aromatic carbocycles. The number of nitriles is 1. The van der Waals surface area contributed by atoms with Crippen molar-refractivity contribution >= 4 is 22.5 Å². The summed E-state index contributed by atoms with van der Waals surface area (Å²) in [4.78, 5) is 29.9.